The minimum atomic E-state index is 0.324. The van der Waals surface area contributed by atoms with Crippen molar-refractivity contribution >= 4 is 0 Å². The Kier molecular flexibility index (Phi) is 4.75. The molecule has 0 aliphatic carbocycles. The van der Waals surface area contributed by atoms with E-state index in [0.29, 0.717) is 25.1 Å². The number of likely N-dealkylation sites (tertiary alicyclic amines) is 1. The first kappa shape index (κ1) is 13.5. The van der Waals surface area contributed by atoms with E-state index in [2.05, 4.69) is 36.1 Å². The quantitative estimate of drug-likeness (QED) is 0.852. The summed E-state index contributed by atoms with van der Waals surface area (Å²) in [6.45, 7) is 5.19. The van der Waals surface area contributed by atoms with Gasteiger partial charge in [0.05, 0.1) is 0 Å². The van der Waals surface area contributed by atoms with Crippen LogP contribution < -0.4 is 5.73 Å². The second-order valence-electron chi connectivity index (χ2n) is 5.33. The number of nitrogens with two attached hydrogens (primary N) is 1. The molecule has 1 fully saturated rings. The summed E-state index contributed by atoms with van der Waals surface area (Å²) in [5.41, 5.74) is 8.57. The number of hydrogen-bond donors (Lipinski definition) is 2. The summed E-state index contributed by atoms with van der Waals surface area (Å²) < 4.78 is 0. The van der Waals surface area contributed by atoms with Crippen LogP contribution in [0.15, 0.2) is 24.3 Å². The molecule has 0 radical (unpaired) electrons. The maximum atomic E-state index is 9.18. The molecular weight excluding hydrogens is 224 g/mol. The number of aliphatic hydroxyl groups excluding tert-OH is 1. The van der Waals surface area contributed by atoms with Crippen molar-refractivity contribution in [3.05, 3.63) is 35.4 Å². The number of hydrogen-bond acceptors (Lipinski definition) is 3. The summed E-state index contributed by atoms with van der Waals surface area (Å²) >= 11 is 0. The van der Waals surface area contributed by atoms with E-state index in [1.165, 1.54) is 11.1 Å². The molecule has 1 aromatic rings. The van der Waals surface area contributed by atoms with Crippen molar-refractivity contribution in [1.29, 1.82) is 0 Å². The highest BCUT2D eigenvalue weighted by Gasteiger charge is 2.24. The van der Waals surface area contributed by atoms with E-state index < -0.39 is 0 Å². The normalized spacial score (nSPS) is 19.9. The Morgan fingerprint density at radius 1 is 1.39 bits per heavy atom. The highest BCUT2D eigenvalue weighted by atomic mass is 16.3. The summed E-state index contributed by atoms with van der Waals surface area (Å²) in [5, 5.41) is 9.18. The van der Waals surface area contributed by atoms with Gasteiger partial charge < -0.3 is 10.8 Å². The van der Waals surface area contributed by atoms with E-state index in [1.807, 2.05) is 0 Å². The SMILES string of the molecule is Cc1cccc(C(CN)N2CCC(CO)CC2)c1. The molecule has 100 valence electrons. The Balaban J connectivity index is 2.05. The molecule has 1 aliphatic heterocycles. The molecule has 1 atom stereocenters. The van der Waals surface area contributed by atoms with Gasteiger partial charge in [-0.2, -0.15) is 0 Å². The Hall–Kier alpha value is -0.900. The molecule has 0 spiro atoms. The van der Waals surface area contributed by atoms with Gasteiger partial charge in [-0.25, -0.2) is 0 Å². The van der Waals surface area contributed by atoms with Gasteiger partial charge in [0.1, 0.15) is 0 Å². The van der Waals surface area contributed by atoms with E-state index in [4.69, 9.17) is 5.73 Å². The Bertz CT molecular complexity index is 373. The number of nitrogens with zero attached hydrogens (tertiary/aromatic N) is 1. The molecule has 1 unspecified atom stereocenters. The molecule has 0 saturated carbocycles. The lowest BCUT2D eigenvalue weighted by atomic mass is 9.94. The molecule has 3 nitrogen and oxygen atoms in total. The second-order valence-corrected chi connectivity index (χ2v) is 5.33. The summed E-state index contributed by atoms with van der Waals surface area (Å²) in [6.07, 6.45) is 2.16. The third kappa shape index (κ3) is 3.10. The van der Waals surface area contributed by atoms with Gasteiger partial charge >= 0.3 is 0 Å². The minimum Gasteiger partial charge on any atom is -0.396 e. The molecule has 0 aromatic heterocycles. The summed E-state index contributed by atoms with van der Waals surface area (Å²) in [7, 11) is 0. The topological polar surface area (TPSA) is 49.5 Å². The van der Waals surface area contributed by atoms with Gasteiger partial charge in [-0.15, -0.1) is 0 Å². The third-order valence-corrected chi connectivity index (χ3v) is 4.00. The lowest BCUT2D eigenvalue weighted by molar-refractivity contribution is 0.102. The maximum Gasteiger partial charge on any atom is 0.0470 e. The fraction of sp³-hybridized carbons (Fsp3) is 0.600. The molecule has 0 amide bonds. The van der Waals surface area contributed by atoms with Crippen LogP contribution >= 0.6 is 0 Å². The van der Waals surface area contributed by atoms with Crippen molar-refractivity contribution in [2.24, 2.45) is 11.7 Å². The molecule has 1 aliphatic rings. The number of rotatable bonds is 4. The zero-order chi connectivity index (χ0) is 13.0. The average Bonchev–Trinajstić information content (AvgIpc) is 2.40. The van der Waals surface area contributed by atoms with Gasteiger partial charge in [0.15, 0.2) is 0 Å². The van der Waals surface area contributed by atoms with Gasteiger partial charge in [-0.1, -0.05) is 29.8 Å². The number of benzene rings is 1. The molecule has 1 heterocycles. The van der Waals surface area contributed by atoms with E-state index in [1.54, 1.807) is 0 Å². The first-order valence-electron chi connectivity index (χ1n) is 6.86. The number of piperidine rings is 1. The van der Waals surface area contributed by atoms with Crippen molar-refractivity contribution in [3.63, 3.8) is 0 Å². The first-order chi connectivity index (χ1) is 8.74. The number of aryl methyl sites for hydroxylation is 1. The standard InChI is InChI=1S/C15H24N2O/c1-12-3-2-4-14(9-12)15(10-16)17-7-5-13(11-18)6-8-17/h2-4,9,13,15,18H,5-8,10-11,16H2,1H3. The zero-order valence-corrected chi connectivity index (χ0v) is 11.2. The third-order valence-electron chi connectivity index (χ3n) is 4.00. The first-order valence-corrected chi connectivity index (χ1v) is 6.86. The molecule has 1 aromatic carbocycles. The van der Waals surface area contributed by atoms with Gasteiger partial charge in [0.2, 0.25) is 0 Å². The van der Waals surface area contributed by atoms with Crippen molar-refractivity contribution in [1.82, 2.24) is 4.90 Å². The molecule has 3 heteroatoms. The highest BCUT2D eigenvalue weighted by molar-refractivity contribution is 5.25. The average molecular weight is 248 g/mol. The fourth-order valence-corrected chi connectivity index (χ4v) is 2.82. The Morgan fingerprint density at radius 2 is 2.11 bits per heavy atom. The second kappa shape index (κ2) is 6.32. The zero-order valence-electron chi connectivity index (χ0n) is 11.2. The van der Waals surface area contributed by atoms with E-state index in [-0.39, 0.29) is 0 Å². The lowest BCUT2D eigenvalue weighted by Gasteiger charge is -2.37. The predicted molar refractivity (Wildman–Crippen MR) is 74.4 cm³/mol. The lowest BCUT2D eigenvalue weighted by Crippen LogP contribution is -2.40. The van der Waals surface area contributed by atoms with E-state index >= 15 is 0 Å². The Labute approximate surface area is 110 Å². The summed E-state index contributed by atoms with van der Waals surface area (Å²) in [6, 6.07) is 8.95. The smallest absolute Gasteiger partial charge is 0.0470 e. The Morgan fingerprint density at radius 3 is 2.67 bits per heavy atom. The van der Waals surface area contributed by atoms with E-state index in [9.17, 15) is 5.11 Å². The van der Waals surface area contributed by atoms with Crippen LogP contribution in [0.4, 0.5) is 0 Å². The van der Waals surface area contributed by atoms with Crippen molar-refractivity contribution in [3.8, 4) is 0 Å². The van der Waals surface area contributed by atoms with Crippen LogP contribution in [-0.4, -0.2) is 36.2 Å². The van der Waals surface area contributed by atoms with Crippen LogP contribution in [0.5, 0.6) is 0 Å². The monoisotopic (exact) mass is 248 g/mol. The van der Waals surface area contributed by atoms with E-state index in [0.717, 1.165) is 25.9 Å². The molecule has 0 bridgehead atoms. The van der Waals surface area contributed by atoms with Crippen LogP contribution in [0.2, 0.25) is 0 Å². The van der Waals surface area contributed by atoms with Gasteiger partial charge in [0.25, 0.3) is 0 Å². The minimum absolute atomic E-state index is 0.324. The highest BCUT2D eigenvalue weighted by Crippen LogP contribution is 2.26. The molecule has 3 N–H and O–H groups in total. The van der Waals surface area contributed by atoms with Gasteiger partial charge in [-0.05, 0) is 44.3 Å². The van der Waals surface area contributed by atoms with Crippen LogP contribution in [0.3, 0.4) is 0 Å². The van der Waals surface area contributed by atoms with Gasteiger partial charge in [-0.3, -0.25) is 4.90 Å². The summed E-state index contributed by atoms with van der Waals surface area (Å²) in [4.78, 5) is 2.46. The predicted octanol–water partition coefficient (Wildman–Crippen LogP) is 1.70. The van der Waals surface area contributed by atoms with Crippen LogP contribution in [0, 0.1) is 12.8 Å². The van der Waals surface area contributed by atoms with Gasteiger partial charge in [0, 0.05) is 19.2 Å². The number of aliphatic hydroxyl groups is 1. The largest absolute Gasteiger partial charge is 0.396 e. The molecule has 1 saturated heterocycles. The van der Waals surface area contributed by atoms with Crippen LogP contribution in [-0.2, 0) is 0 Å². The van der Waals surface area contributed by atoms with Crippen LogP contribution in [0.25, 0.3) is 0 Å². The van der Waals surface area contributed by atoms with Crippen LogP contribution in [0.1, 0.15) is 30.0 Å². The molecule has 2 rings (SSSR count). The summed E-state index contributed by atoms with van der Waals surface area (Å²) in [5.74, 6) is 0.484. The molecular formula is C15H24N2O. The van der Waals surface area contributed by atoms with Crippen molar-refractivity contribution in [2.45, 2.75) is 25.8 Å². The molecule has 18 heavy (non-hydrogen) atoms. The van der Waals surface area contributed by atoms with Crippen molar-refractivity contribution < 1.29 is 5.11 Å². The van der Waals surface area contributed by atoms with Crippen molar-refractivity contribution in [2.75, 3.05) is 26.2 Å². The fourth-order valence-electron chi connectivity index (χ4n) is 2.82. The maximum absolute atomic E-state index is 9.18.